The van der Waals surface area contributed by atoms with Crippen molar-refractivity contribution in [2.45, 2.75) is 32.1 Å². The Morgan fingerprint density at radius 3 is 2.44 bits per heavy atom. The molecule has 0 aromatic carbocycles. The lowest BCUT2D eigenvalue weighted by molar-refractivity contribution is -0.143. The van der Waals surface area contributed by atoms with Gasteiger partial charge in [0.05, 0.1) is 0 Å². The third-order valence-corrected chi connectivity index (χ3v) is 3.16. The molecule has 6 nitrogen and oxygen atoms in total. The van der Waals surface area contributed by atoms with Gasteiger partial charge in [0.15, 0.2) is 0 Å². The SMILES string of the molecule is CN(CC(=O)O)C(=O)CCNC(=O)C1CCCC1. The maximum Gasteiger partial charge on any atom is 0.323 e. The highest BCUT2D eigenvalue weighted by atomic mass is 16.4. The molecule has 0 bridgehead atoms. The first-order valence-corrected chi connectivity index (χ1v) is 6.24. The monoisotopic (exact) mass is 256 g/mol. The highest BCUT2D eigenvalue weighted by Gasteiger charge is 2.22. The van der Waals surface area contributed by atoms with Gasteiger partial charge in [0.1, 0.15) is 6.54 Å². The number of carboxylic acid groups (broad SMARTS) is 1. The molecule has 0 saturated heterocycles. The fraction of sp³-hybridized carbons (Fsp3) is 0.750. The molecule has 0 radical (unpaired) electrons. The average Bonchev–Trinajstić information content (AvgIpc) is 2.81. The van der Waals surface area contributed by atoms with Gasteiger partial charge >= 0.3 is 5.97 Å². The van der Waals surface area contributed by atoms with Crippen LogP contribution in [0.1, 0.15) is 32.1 Å². The molecule has 0 aromatic rings. The molecule has 0 aromatic heterocycles. The Morgan fingerprint density at radius 1 is 1.28 bits per heavy atom. The summed E-state index contributed by atoms with van der Waals surface area (Å²) < 4.78 is 0. The van der Waals surface area contributed by atoms with E-state index in [0.717, 1.165) is 30.6 Å². The van der Waals surface area contributed by atoms with Crippen molar-refractivity contribution in [3.63, 3.8) is 0 Å². The van der Waals surface area contributed by atoms with Crippen LogP contribution in [-0.2, 0) is 14.4 Å². The number of likely N-dealkylation sites (N-methyl/N-ethyl adjacent to an activating group) is 1. The van der Waals surface area contributed by atoms with Crippen LogP contribution in [0.5, 0.6) is 0 Å². The van der Waals surface area contributed by atoms with Crippen LogP contribution in [0.25, 0.3) is 0 Å². The van der Waals surface area contributed by atoms with Gasteiger partial charge in [-0.2, -0.15) is 0 Å². The minimum absolute atomic E-state index is 0.0150. The maximum atomic E-state index is 11.6. The van der Waals surface area contributed by atoms with Gasteiger partial charge in [0.25, 0.3) is 0 Å². The average molecular weight is 256 g/mol. The smallest absolute Gasteiger partial charge is 0.323 e. The summed E-state index contributed by atoms with van der Waals surface area (Å²) >= 11 is 0. The van der Waals surface area contributed by atoms with Gasteiger partial charge in [-0.1, -0.05) is 12.8 Å². The predicted octanol–water partition coefficient (Wildman–Crippen LogP) is 0.226. The zero-order valence-electron chi connectivity index (χ0n) is 10.6. The van der Waals surface area contributed by atoms with Crippen molar-refractivity contribution in [2.24, 2.45) is 5.92 Å². The van der Waals surface area contributed by atoms with Crippen molar-refractivity contribution < 1.29 is 19.5 Å². The summed E-state index contributed by atoms with van der Waals surface area (Å²) in [4.78, 5) is 34.7. The van der Waals surface area contributed by atoms with E-state index < -0.39 is 5.97 Å². The molecule has 1 fully saturated rings. The largest absolute Gasteiger partial charge is 0.480 e. The number of hydrogen-bond donors (Lipinski definition) is 2. The highest BCUT2D eigenvalue weighted by Crippen LogP contribution is 2.24. The summed E-state index contributed by atoms with van der Waals surface area (Å²) in [6.07, 6.45) is 4.19. The van der Waals surface area contributed by atoms with Crippen molar-refractivity contribution in [2.75, 3.05) is 20.1 Å². The molecule has 1 saturated carbocycles. The summed E-state index contributed by atoms with van der Waals surface area (Å²) in [5.41, 5.74) is 0. The van der Waals surface area contributed by atoms with E-state index in [-0.39, 0.29) is 37.2 Å². The molecular formula is C12H20N2O4. The second kappa shape index (κ2) is 6.98. The van der Waals surface area contributed by atoms with Crippen LogP contribution in [0.4, 0.5) is 0 Å². The molecule has 18 heavy (non-hydrogen) atoms. The lowest BCUT2D eigenvalue weighted by Crippen LogP contribution is -2.36. The van der Waals surface area contributed by atoms with Gasteiger partial charge in [-0.25, -0.2) is 0 Å². The molecule has 1 rings (SSSR count). The molecule has 2 N–H and O–H groups in total. The van der Waals surface area contributed by atoms with Crippen LogP contribution < -0.4 is 5.32 Å². The van der Waals surface area contributed by atoms with Crippen LogP contribution >= 0.6 is 0 Å². The van der Waals surface area contributed by atoms with E-state index in [9.17, 15) is 14.4 Å². The summed E-state index contributed by atoms with van der Waals surface area (Å²) in [7, 11) is 1.44. The highest BCUT2D eigenvalue weighted by molar-refractivity contribution is 5.82. The minimum Gasteiger partial charge on any atom is -0.480 e. The quantitative estimate of drug-likeness (QED) is 0.712. The van der Waals surface area contributed by atoms with Crippen LogP contribution in [0.2, 0.25) is 0 Å². The Labute approximate surface area is 106 Å². The molecule has 0 heterocycles. The summed E-state index contributed by atoms with van der Waals surface area (Å²) in [6.45, 7) is -0.0342. The minimum atomic E-state index is -1.04. The molecule has 0 aliphatic heterocycles. The molecule has 6 heteroatoms. The fourth-order valence-electron chi connectivity index (χ4n) is 2.11. The Balaban J connectivity index is 2.18. The first-order chi connectivity index (χ1) is 8.50. The van der Waals surface area contributed by atoms with Gasteiger partial charge in [-0.05, 0) is 12.8 Å². The number of aliphatic carboxylic acids is 1. The predicted molar refractivity (Wildman–Crippen MR) is 64.9 cm³/mol. The molecule has 0 unspecified atom stereocenters. The molecule has 0 spiro atoms. The number of carboxylic acids is 1. The van der Waals surface area contributed by atoms with Gasteiger partial charge < -0.3 is 15.3 Å². The topological polar surface area (TPSA) is 86.7 Å². The van der Waals surface area contributed by atoms with E-state index in [1.165, 1.54) is 7.05 Å². The number of hydrogen-bond acceptors (Lipinski definition) is 3. The van der Waals surface area contributed by atoms with E-state index in [1.54, 1.807) is 0 Å². The number of amides is 2. The Kier molecular flexibility index (Phi) is 5.61. The number of carbonyl (C=O) groups excluding carboxylic acids is 2. The van der Waals surface area contributed by atoms with Crippen LogP contribution in [0.3, 0.4) is 0 Å². The van der Waals surface area contributed by atoms with Crippen LogP contribution in [0, 0.1) is 5.92 Å². The lowest BCUT2D eigenvalue weighted by atomic mass is 10.1. The maximum absolute atomic E-state index is 11.6. The van der Waals surface area contributed by atoms with Crippen molar-refractivity contribution in [3.8, 4) is 0 Å². The Morgan fingerprint density at radius 2 is 1.89 bits per heavy atom. The van der Waals surface area contributed by atoms with E-state index in [4.69, 9.17) is 5.11 Å². The normalized spacial score (nSPS) is 15.4. The van der Waals surface area contributed by atoms with E-state index in [1.807, 2.05) is 0 Å². The van der Waals surface area contributed by atoms with Crippen molar-refractivity contribution in [1.82, 2.24) is 10.2 Å². The summed E-state index contributed by atoms with van der Waals surface area (Å²) in [5.74, 6) is -1.21. The van der Waals surface area contributed by atoms with E-state index >= 15 is 0 Å². The summed E-state index contributed by atoms with van der Waals surface area (Å²) in [5, 5.41) is 11.3. The first-order valence-electron chi connectivity index (χ1n) is 6.24. The molecule has 1 aliphatic carbocycles. The van der Waals surface area contributed by atoms with Gasteiger partial charge in [-0.15, -0.1) is 0 Å². The van der Waals surface area contributed by atoms with Gasteiger partial charge in [-0.3, -0.25) is 14.4 Å². The zero-order chi connectivity index (χ0) is 13.5. The molecule has 0 atom stereocenters. The van der Waals surface area contributed by atoms with Gasteiger partial charge in [0.2, 0.25) is 11.8 Å². The van der Waals surface area contributed by atoms with Crippen LogP contribution in [0.15, 0.2) is 0 Å². The van der Waals surface area contributed by atoms with Gasteiger partial charge in [0, 0.05) is 25.9 Å². The third-order valence-electron chi connectivity index (χ3n) is 3.16. The van der Waals surface area contributed by atoms with Crippen LogP contribution in [-0.4, -0.2) is 47.9 Å². The third kappa shape index (κ3) is 4.73. The fourth-order valence-corrected chi connectivity index (χ4v) is 2.11. The molecule has 2 amide bonds. The Hall–Kier alpha value is -1.59. The van der Waals surface area contributed by atoms with Crippen molar-refractivity contribution in [3.05, 3.63) is 0 Å². The number of nitrogens with zero attached hydrogens (tertiary/aromatic N) is 1. The second-order valence-corrected chi connectivity index (χ2v) is 4.67. The molecule has 102 valence electrons. The van der Waals surface area contributed by atoms with E-state index in [0.29, 0.717) is 0 Å². The molecule has 1 aliphatic rings. The van der Waals surface area contributed by atoms with Crippen molar-refractivity contribution >= 4 is 17.8 Å². The van der Waals surface area contributed by atoms with E-state index in [2.05, 4.69) is 5.32 Å². The zero-order valence-corrected chi connectivity index (χ0v) is 10.6. The van der Waals surface area contributed by atoms with Crippen molar-refractivity contribution in [1.29, 1.82) is 0 Å². The lowest BCUT2D eigenvalue weighted by Gasteiger charge is -2.15. The standard InChI is InChI=1S/C12H20N2O4/c1-14(8-11(16)17)10(15)6-7-13-12(18)9-4-2-3-5-9/h9H,2-8H2,1H3,(H,13,18)(H,16,17). The first kappa shape index (κ1) is 14.5. The molecular weight excluding hydrogens is 236 g/mol. The Bertz CT molecular complexity index is 324. The second-order valence-electron chi connectivity index (χ2n) is 4.67. The number of rotatable bonds is 6. The summed E-state index contributed by atoms with van der Waals surface area (Å²) in [6, 6.07) is 0. The number of carbonyl (C=O) groups is 3. The number of nitrogens with one attached hydrogen (secondary N) is 1.